The number of rotatable bonds is 3. The van der Waals surface area contributed by atoms with Crippen LogP contribution in [0.2, 0.25) is 0 Å². The fourth-order valence-corrected chi connectivity index (χ4v) is 2.39. The quantitative estimate of drug-likeness (QED) is 0.882. The number of carbonyl (C=O) groups excluding carboxylic acids is 2. The summed E-state index contributed by atoms with van der Waals surface area (Å²) < 4.78 is 4.78. The van der Waals surface area contributed by atoms with Crippen molar-refractivity contribution in [2.24, 2.45) is 5.92 Å². The Kier molecular flexibility index (Phi) is 3.34. The van der Waals surface area contributed by atoms with Gasteiger partial charge in [0.25, 0.3) is 0 Å². The first-order valence-corrected chi connectivity index (χ1v) is 6.35. The van der Waals surface area contributed by atoms with Gasteiger partial charge >= 0.3 is 0 Å². The van der Waals surface area contributed by atoms with Gasteiger partial charge in [0.05, 0.1) is 6.54 Å². The molecule has 1 aromatic rings. The highest BCUT2D eigenvalue weighted by atomic mass is 16.5. The summed E-state index contributed by atoms with van der Waals surface area (Å²) in [5, 5.41) is 6.58. The van der Waals surface area contributed by atoms with Crippen LogP contribution in [0.15, 0.2) is 16.9 Å². The van der Waals surface area contributed by atoms with E-state index >= 15 is 0 Å². The number of nitrogens with one attached hydrogen (secondary N) is 1. The Labute approximate surface area is 112 Å². The molecule has 104 valence electrons. The summed E-state index contributed by atoms with van der Waals surface area (Å²) >= 11 is 0. The molecule has 1 aliphatic rings. The lowest BCUT2D eigenvalue weighted by Crippen LogP contribution is -2.68. The van der Waals surface area contributed by atoms with Crippen molar-refractivity contribution in [1.82, 2.24) is 15.4 Å². The molecule has 0 saturated carbocycles. The van der Waals surface area contributed by atoms with Crippen LogP contribution in [0.4, 0.5) is 0 Å². The number of amides is 2. The van der Waals surface area contributed by atoms with E-state index in [4.69, 9.17) is 4.52 Å². The highest BCUT2D eigenvalue weighted by molar-refractivity contribution is 5.99. The van der Waals surface area contributed by atoms with E-state index in [9.17, 15) is 9.59 Å². The number of hydrogen-bond donors (Lipinski definition) is 1. The van der Waals surface area contributed by atoms with Gasteiger partial charge in [-0.1, -0.05) is 19.0 Å². The molecular formula is C13H19N3O3. The molecule has 6 nitrogen and oxygen atoms in total. The van der Waals surface area contributed by atoms with E-state index in [-0.39, 0.29) is 24.3 Å². The van der Waals surface area contributed by atoms with Crippen LogP contribution in [-0.4, -0.2) is 33.5 Å². The molecule has 6 heteroatoms. The maximum absolute atomic E-state index is 12.5. The van der Waals surface area contributed by atoms with E-state index in [1.54, 1.807) is 24.8 Å². The largest absolute Gasteiger partial charge is 0.364 e. The predicted octanol–water partition coefficient (Wildman–Crippen LogP) is 0.936. The normalized spacial score (nSPS) is 22.8. The minimum atomic E-state index is -0.883. The highest BCUT2D eigenvalue weighted by Crippen LogP contribution is 2.24. The molecule has 1 aliphatic heterocycles. The maximum Gasteiger partial charge on any atom is 0.248 e. The van der Waals surface area contributed by atoms with Crippen LogP contribution in [0, 0.1) is 5.92 Å². The minimum absolute atomic E-state index is 0.0342. The van der Waals surface area contributed by atoms with Crippen LogP contribution in [0.3, 0.4) is 0 Å². The third-order valence-electron chi connectivity index (χ3n) is 3.29. The van der Waals surface area contributed by atoms with Crippen LogP contribution in [0.5, 0.6) is 0 Å². The molecule has 2 amide bonds. The zero-order valence-corrected chi connectivity index (χ0v) is 11.6. The van der Waals surface area contributed by atoms with Crippen molar-refractivity contribution in [3.63, 3.8) is 0 Å². The summed E-state index contributed by atoms with van der Waals surface area (Å²) in [5.74, 6) is -0.191. The van der Waals surface area contributed by atoms with Gasteiger partial charge in [0, 0.05) is 6.07 Å². The first-order chi connectivity index (χ1) is 8.83. The second-order valence-electron chi connectivity index (χ2n) is 5.73. The maximum atomic E-state index is 12.5. The van der Waals surface area contributed by atoms with Crippen LogP contribution >= 0.6 is 0 Å². The molecule has 1 unspecified atom stereocenters. The highest BCUT2D eigenvalue weighted by Gasteiger charge is 2.46. The van der Waals surface area contributed by atoms with Crippen molar-refractivity contribution in [3.05, 3.63) is 18.0 Å². The van der Waals surface area contributed by atoms with Gasteiger partial charge in [0.15, 0.2) is 0 Å². The molecule has 0 radical (unpaired) electrons. The van der Waals surface area contributed by atoms with Crippen molar-refractivity contribution in [2.75, 3.05) is 0 Å². The van der Waals surface area contributed by atoms with Crippen LogP contribution < -0.4 is 5.32 Å². The standard InChI is InChI=1S/C13H19N3O3/c1-8(2)10-11(17)14-13(3,4)12(18)16(10)7-9-5-6-19-15-9/h5-6,8,10H,7H2,1-4H3,(H,14,17). The second-order valence-corrected chi connectivity index (χ2v) is 5.73. The van der Waals surface area contributed by atoms with Gasteiger partial charge in [-0.25, -0.2) is 0 Å². The molecule has 1 fully saturated rings. The Bertz CT molecular complexity index is 479. The molecule has 19 heavy (non-hydrogen) atoms. The fraction of sp³-hybridized carbons (Fsp3) is 0.615. The van der Waals surface area contributed by atoms with Gasteiger partial charge in [-0.2, -0.15) is 0 Å². The van der Waals surface area contributed by atoms with Crippen molar-refractivity contribution in [1.29, 1.82) is 0 Å². The lowest BCUT2D eigenvalue weighted by Gasteiger charge is -2.44. The number of aromatic nitrogens is 1. The third kappa shape index (κ3) is 2.47. The van der Waals surface area contributed by atoms with E-state index in [1.165, 1.54) is 6.26 Å². The molecular weight excluding hydrogens is 246 g/mol. The van der Waals surface area contributed by atoms with Gasteiger partial charge in [-0.15, -0.1) is 0 Å². The van der Waals surface area contributed by atoms with E-state index < -0.39 is 11.6 Å². The average Bonchev–Trinajstić information content (AvgIpc) is 2.77. The zero-order chi connectivity index (χ0) is 14.2. The molecule has 1 atom stereocenters. The molecule has 2 heterocycles. The molecule has 1 aromatic heterocycles. The van der Waals surface area contributed by atoms with Crippen molar-refractivity contribution >= 4 is 11.8 Å². The van der Waals surface area contributed by atoms with Gasteiger partial charge in [0.2, 0.25) is 11.8 Å². The molecule has 1 saturated heterocycles. The summed E-state index contributed by atoms with van der Waals surface area (Å²) in [5.41, 5.74) is -0.240. The predicted molar refractivity (Wildman–Crippen MR) is 67.9 cm³/mol. The van der Waals surface area contributed by atoms with Crippen molar-refractivity contribution < 1.29 is 14.1 Å². The summed E-state index contributed by atoms with van der Waals surface area (Å²) in [6.07, 6.45) is 1.46. The van der Waals surface area contributed by atoms with Crippen LogP contribution in [-0.2, 0) is 16.1 Å². The van der Waals surface area contributed by atoms with Gasteiger partial charge in [-0.05, 0) is 19.8 Å². The van der Waals surface area contributed by atoms with Crippen LogP contribution in [0.25, 0.3) is 0 Å². The molecule has 0 aliphatic carbocycles. The lowest BCUT2D eigenvalue weighted by atomic mass is 9.91. The Morgan fingerprint density at radius 1 is 1.47 bits per heavy atom. The second kappa shape index (κ2) is 4.68. The van der Waals surface area contributed by atoms with Gasteiger partial charge < -0.3 is 14.7 Å². The van der Waals surface area contributed by atoms with Gasteiger partial charge in [0.1, 0.15) is 23.5 Å². The topological polar surface area (TPSA) is 75.4 Å². The summed E-state index contributed by atoms with van der Waals surface area (Å²) in [6, 6.07) is 1.22. The third-order valence-corrected chi connectivity index (χ3v) is 3.29. The molecule has 0 bridgehead atoms. The van der Waals surface area contributed by atoms with Crippen molar-refractivity contribution in [3.8, 4) is 0 Å². The number of piperazine rings is 1. The van der Waals surface area contributed by atoms with Gasteiger partial charge in [-0.3, -0.25) is 9.59 Å². The van der Waals surface area contributed by atoms with E-state index in [1.807, 2.05) is 13.8 Å². The summed E-state index contributed by atoms with van der Waals surface area (Å²) in [7, 11) is 0. The Morgan fingerprint density at radius 2 is 2.16 bits per heavy atom. The molecule has 0 aromatic carbocycles. The monoisotopic (exact) mass is 265 g/mol. The zero-order valence-electron chi connectivity index (χ0n) is 11.6. The average molecular weight is 265 g/mol. The Hall–Kier alpha value is -1.85. The summed E-state index contributed by atoms with van der Waals surface area (Å²) in [4.78, 5) is 26.3. The Morgan fingerprint density at radius 3 is 2.68 bits per heavy atom. The molecule has 0 spiro atoms. The van der Waals surface area contributed by atoms with E-state index in [0.717, 1.165) is 0 Å². The fourth-order valence-electron chi connectivity index (χ4n) is 2.39. The number of carbonyl (C=O) groups is 2. The van der Waals surface area contributed by atoms with Crippen LogP contribution in [0.1, 0.15) is 33.4 Å². The smallest absolute Gasteiger partial charge is 0.248 e. The van der Waals surface area contributed by atoms with Crippen molar-refractivity contribution in [2.45, 2.75) is 45.8 Å². The molecule has 1 N–H and O–H groups in total. The Balaban J connectivity index is 2.32. The van der Waals surface area contributed by atoms with E-state index in [0.29, 0.717) is 5.69 Å². The summed E-state index contributed by atoms with van der Waals surface area (Å²) in [6.45, 7) is 7.55. The minimum Gasteiger partial charge on any atom is -0.364 e. The number of nitrogens with zero attached hydrogens (tertiary/aromatic N) is 2. The first kappa shape index (κ1) is 13.6. The molecule has 2 rings (SSSR count). The first-order valence-electron chi connectivity index (χ1n) is 6.35. The SMILES string of the molecule is CC(C)C1C(=O)NC(C)(C)C(=O)N1Cc1ccon1. The number of hydrogen-bond acceptors (Lipinski definition) is 4. The lowest BCUT2D eigenvalue weighted by molar-refractivity contribution is -0.156. The van der Waals surface area contributed by atoms with E-state index in [2.05, 4.69) is 10.5 Å².